The Balaban J connectivity index is -0.00000000500. The van der Waals surface area contributed by atoms with Gasteiger partial charge in [0, 0.05) is 35.6 Å². The first-order valence-corrected chi connectivity index (χ1v) is 1.50. The van der Waals surface area contributed by atoms with E-state index in [1.54, 1.807) is 0 Å². The van der Waals surface area contributed by atoms with Crippen LogP contribution >= 0.6 is 0 Å². The van der Waals surface area contributed by atoms with Gasteiger partial charge in [0.05, 0.1) is 0 Å². The van der Waals surface area contributed by atoms with Gasteiger partial charge < -0.3 is 0 Å². The maximum atomic E-state index is 8.38. The summed E-state index contributed by atoms with van der Waals surface area (Å²) in [7, 11) is 0. The molecule has 0 unspecified atom stereocenters. The van der Waals surface area contributed by atoms with Gasteiger partial charge in [-0.2, -0.15) is 0 Å². The summed E-state index contributed by atoms with van der Waals surface area (Å²) in [5, 5.41) is 0. The van der Waals surface area contributed by atoms with Crippen LogP contribution in [0.25, 0.3) is 0 Å². The minimum absolute atomic E-state index is 0. The summed E-state index contributed by atoms with van der Waals surface area (Å²) in [6, 6.07) is 0. The van der Waals surface area contributed by atoms with Crippen LogP contribution in [0.15, 0.2) is 0 Å². The molecule has 0 fully saturated rings. The maximum absolute atomic E-state index is 8.38. The van der Waals surface area contributed by atoms with Crippen molar-refractivity contribution < 1.29 is 39.4 Å². The van der Waals surface area contributed by atoms with Crippen LogP contribution in [0.5, 0.6) is 0 Å². The average Bonchev–Trinajstić information content (AvgIpc) is 1.00. The van der Waals surface area contributed by atoms with Gasteiger partial charge in [-0.3, -0.25) is 0 Å². The molecule has 0 saturated heterocycles. The Morgan fingerprint density at radius 3 is 1.25 bits per heavy atom. The first-order valence-electron chi connectivity index (χ1n) is 0.289. The first kappa shape index (κ1) is 16.4. The molecule has 0 atom stereocenters. The molecule has 0 bridgehead atoms. The Labute approximate surface area is 74.4 Å². The van der Waals surface area contributed by atoms with Crippen molar-refractivity contribution in [3.05, 3.63) is 0 Å². The number of rotatable bonds is 0. The topological polar surface area (TPSA) is 17.1 Å². The van der Waals surface area contributed by atoms with Crippen LogP contribution in [0.1, 0.15) is 0 Å². The van der Waals surface area contributed by atoms with Crippen LogP contribution in [-0.4, -0.2) is 36.2 Å². The Morgan fingerprint density at radius 1 is 1.25 bits per heavy atom. The number of hydrogen-bond acceptors (Lipinski definition) is 1. The molecule has 0 rings (SSSR count). The molecule has 0 aromatic carbocycles. The Kier molecular flexibility index (Phi) is 78.2. The second kappa shape index (κ2) is 19.1. The second-order valence-electron chi connectivity index (χ2n) is 0. The van der Waals surface area contributed by atoms with Crippen LogP contribution < -0.4 is 0 Å². The van der Waals surface area contributed by atoms with Crippen molar-refractivity contribution in [2.75, 3.05) is 0 Å². The molecule has 0 aliphatic carbocycles. The Hall–Kier alpha value is 2.17. The molecule has 0 aromatic rings. The van der Waals surface area contributed by atoms with Crippen LogP contribution in [0.4, 0.5) is 0 Å². The summed E-state index contributed by atoms with van der Waals surface area (Å²) in [5.74, 6) is 0. The zero-order chi connectivity index (χ0) is 2.00. The van der Waals surface area contributed by atoms with Crippen molar-refractivity contribution in [3.63, 3.8) is 0 Å². The summed E-state index contributed by atoms with van der Waals surface area (Å²) >= 11 is 0.125. The molecule has 1 radical (unpaired) electrons. The normalized spacial score (nSPS) is 1.00. The fraction of sp³-hybridized carbons (Fsp3) is 0. The molecule has 0 heterocycles. The molecule has 0 amide bonds. The van der Waals surface area contributed by atoms with Crippen molar-refractivity contribution >= 4 is 36.2 Å². The summed E-state index contributed by atoms with van der Waals surface area (Å²) in [6.07, 6.45) is 0. The fourth-order valence-electron chi connectivity index (χ4n) is 0. The molecule has 4 heavy (non-hydrogen) atoms. The average molecular weight is 302 g/mol. The van der Waals surface area contributed by atoms with Crippen LogP contribution in [-0.2, 0) is 3.78 Å². The van der Waals surface area contributed by atoms with Gasteiger partial charge in [0.25, 0.3) is 0 Å². The van der Waals surface area contributed by atoms with E-state index in [1.807, 2.05) is 0 Å². The molecule has 0 saturated carbocycles. The van der Waals surface area contributed by atoms with Gasteiger partial charge in [0.15, 0.2) is 0 Å². The molecule has 0 aliphatic heterocycles. The van der Waals surface area contributed by atoms with Gasteiger partial charge in [-0.1, -0.05) is 0 Å². The molecule has 0 aromatic heterocycles. The van der Waals surface area contributed by atoms with Gasteiger partial charge in [0.1, 0.15) is 0 Å². The first-order chi connectivity index (χ1) is 1.00. The molecule has 21 valence electrons. The van der Waals surface area contributed by atoms with E-state index in [0.29, 0.717) is 0 Å². The summed E-state index contributed by atoms with van der Waals surface area (Å²) in [6.45, 7) is 0. The monoisotopic (exact) mass is 303 g/mol. The molecular formula is H5GaGeLaO. The van der Waals surface area contributed by atoms with Crippen LogP contribution in [0.2, 0.25) is 0 Å². The van der Waals surface area contributed by atoms with E-state index in [4.69, 9.17) is 3.78 Å². The summed E-state index contributed by atoms with van der Waals surface area (Å²) in [5.41, 5.74) is 0. The van der Waals surface area contributed by atoms with Crippen molar-refractivity contribution in [2.45, 2.75) is 0 Å². The molecule has 1 nitrogen and oxygen atoms in total. The molecular weight excluding hydrogens is 297 g/mol. The van der Waals surface area contributed by atoms with Crippen LogP contribution in [0.3, 0.4) is 0 Å². The van der Waals surface area contributed by atoms with Gasteiger partial charge in [0.2, 0.25) is 0 Å². The SMILES string of the molecule is [GaH3].[La].[O]=[GeH2]. The quantitative estimate of drug-likeness (QED) is 0.464. The van der Waals surface area contributed by atoms with E-state index >= 15 is 0 Å². The molecule has 0 N–H and O–H groups in total. The second-order valence-corrected chi connectivity index (χ2v) is 0. The van der Waals surface area contributed by atoms with Crippen molar-refractivity contribution in [3.8, 4) is 0 Å². The fourth-order valence-corrected chi connectivity index (χ4v) is 0. The Morgan fingerprint density at radius 2 is 1.25 bits per heavy atom. The van der Waals surface area contributed by atoms with Gasteiger partial charge >= 0.3 is 40.0 Å². The van der Waals surface area contributed by atoms with Crippen LogP contribution in [0, 0.1) is 35.6 Å². The van der Waals surface area contributed by atoms with E-state index in [-0.39, 0.29) is 71.8 Å². The molecule has 0 aliphatic rings. The van der Waals surface area contributed by atoms with Gasteiger partial charge in [-0.15, -0.1) is 0 Å². The van der Waals surface area contributed by atoms with Crippen molar-refractivity contribution in [2.24, 2.45) is 0 Å². The van der Waals surface area contributed by atoms with E-state index in [1.165, 1.54) is 0 Å². The zero-order valence-electron chi connectivity index (χ0n) is 1.69. The predicted octanol–water partition coefficient (Wildman–Crippen LogP) is -2.22. The van der Waals surface area contributed by atoms with Crippen molar-refractivity contribution in [1.29, 1.82) is 0 Å². The van der Waals surface area contributed by atoms with E-state index in [2.05, 4.69) is 0 Å². The van der Waals surface area contributed by atoms with Gasteiger partial charge in [-0.25, -0.2) is 0 Å². The predicted molar refractivity (Wildman–Crippen MR) is 19.2 cm³/mol. The summed E-state index contributed by atoms with van der Waals surface area (Å²) in [4.78, 5) is 0. The standard InChI is InChI=1S/Ga.GeH2O.La.3H/c;1-2;;;;/h;1H2;;;;. The van der Waals surface area contributed by atoms with Crippen molar-refractivity contribution in [1.82, 2.24) is 0 Å². The Bertz CT molecular complexity index is 8.00. The summed E-state index contributed by atoms with van der Waals surface area (Å²) < 4.78 is 8.38. The third-order valence-corrected chi connectivity index (χ3v) is 0. The third-order valence-electron chi connectivity index (χ3n) is 0. The zero-order valence-corrected chi connectivity index (χ0v) is 8.29. The van der Waals surface area contributed by atoms with E-state index < -0.39 is 0 Å². The number of hydrogen-bond donors (Lipinski definition) is 0. The molecule has 0 spiro atoms. The third kappa shape index (κ3) is 8.90. The van der Waals surface area contributed by atoms with E-state index in [9.17, 15) is 0 Å². The molecule has 4 heteroatoms. The minimum atomic E-state index is 0. The van der Waals surface area contributed by atoms with Gasteiger partial charge in [-0.05, 0) is 0 Å². The van der Waals surface area contributed by atoms with E-state index in [0.717, 1.165) is 0 Å².